The number of rotatable bonds is 5. The highest BCUT2D eigenvalue weighted by Gasteiger charge is 2.13. The molecule has 0 aliphatic rings. The Labute approximate surface area is 102 Å². The Bertz CT molecular complexity index is 470. The zero-order chi connectivity index (χ0) is 12.1. The van der Waals surface area contributed by atoms with Gasteiger partial charge in [0.05, 0.1) is 11.0 Å². The number of aromatic nitrogens is 2. The fraction of sp³-hybridized carbons (Fsp3) is 0.429. The van der Waals surface area contributed by atoms with Crippen LogP contribution in [0.3, 0.4) is 0 Å². The molecule has 2 rings (SSSR count). The first-order valence-corrected chi connectivity index (χ1v) is 6.29. The average molecular weight is 229 g/mol. The molecule has 0 saturated heterocycles. The number of fused-ring (bicyclic) bond motifs is 1. The van der Waals surface area contributed by atoms with Gasteiger partial charge in [0.15, 0.2) is 0 Å². The Kier molecular flexibility index (Phi) is 4.04. The summed E-state index contributed by atoms with van der Waals surface area (Å²) in [6.07, 6.45) is 5.80. The molecular formula is C14H19N3. The molecule has 0 saturated carbocycles. The summed E-state index contributed by atoms with van der Waals surface area (Å²) >= 11 is 0. The average Bonchev–Trinajstić information content (AvgIpc) is 2.38. The van der Waals surface area contributed by atoms with Crippen molar-refractivity contribution in [3.8, 4) is 0 Å². The summed E-state index contributed by atoms with van der Waals surface area (Å²) in [4.78, 5) is 8.82. The van der Waals surface area contributed by atoms with Crippen LogP contribution in [0, 0.1) is 0 Å². The summed E-state index contributed by atoms with van der Waals surface area (Å²) in [6.45, 7) is 5.32. The van der Waals surface area contributed by atoms with E-state index in [9.17, 15) is 0 Å². The maximum Gasteiger partial charge on any atom is 0.0934 e. The Balaban J connectivity index is 2.44. The van der Waals surface area contributed by atoms with Crippen LogP contribution in [0.25, 0.3) is 11.0 Å². The molecular weight excluding hydrogens is 210 g/mol. The summed E-state index contributed by atoms with van der Waals surface area (Å²) in [6, 6.07) is 6.61. The minimum absolute atomic E-state index is 0.380. The Morgan fingerprint density at radius 3 is 2.76 bits per heavy atom. The monoisotopic (exact) mass is 229 g/mol. The van der Waals surface area contributed by atoms with Crippen LogP contribution in [0.1, 0.15) is 38.3 Å². The second-order valence-corrected chi connectivity index (χ2v) is 4.17. The summed E-state index contributed by atoms with van der Waals surface area (Å²) in [5, 5.41) is 3.52. The smallest absolute Gasteiger partial charge is 0.0934 e. The lowest BCUT2D eigenvalue weighted by Crippen LogP contribution is -2.21. The van der Waals surface area contributed by atoms with Crippen molar-refractivity contribution in [3.63, 3.8) is 0 Å². The lowest BCUT2D eigenvalue weighted by molar-refractivity contribution is 0.511. The van der Waals surface area contributed by atoms with E-state index in [-0.39, 0.29) is 0 Å². The maximum atomic E-state index is 4.46. The van der Waals surface area contributed by atoms with Crippen LogP contribution in [0.5, 0.6) is 0 Å². The van der Waals surface area contributed by atoms with Gasteiger partial charge in [-0.1, -0.05) is 32.4 Å². The molecule has 90 valence electrons. The van der Waals surface area contributed by atoms with Crippen molar-refractivity contribution in [2.24, 2.45) is 0 Å². The van der Waals surface area contributed by atoms with Crippen molar-refractivity contribution in [3.05, 3.63) is 36.2 Å². The lowest BCUT2D eigenvalue weighted by Gasteiger charge is -2.18. The molecule has 0 amide bonds. The third kappa shape index (κ3) is 2.61. The van der Waals surface area contributed by atoms with Gasteiger partial charge >= 0.3 is 0 Å². The number of para-hydroxylation sites is 1. The van der Waals surface area contributed by atoms with Crippen LogP contribution in [0.4, 0.5) is 0 Å². The predicted octanol–water partition coefficient (Wildman–Crippen LogP) is 3.08. The summed E-state index contributed by atoms with van der Waals surface area (Å²) in [5.41, 5.74) is 3.26. The van der Waals surface area contributed by atoms with E-state index < -0.39 is 0 Å². The van der Waals surface area contributed by atoms with Gasteiger partial charge in [0.2, 0.25) is 0 Å². The zero-order valence-electron chi connectivity index (χ0n) is 10.5. The van der Waals surface area contributed by atoms with Crippen molar-refractivity contribution < 1.29 is 0 Å². The number of benzene rings is 1. The third-order valence-corrected chi connectivity index (χ3v) is 2.93. The van der Waals surface area contributed by atoms with Crippen LogP contribution in [-0.2, 0) is 0 Å². The molecule has 3 heteroatoms. The zero-order valence-corrected chi connectivity index (χ0v) is 10.5. The van der Waals surface area contributed by atoms with Gasteiger partial charge in [-0.2, -0.15) is 0 Å². The minimum atomic E-state index is 0.380. The van der Waals surface area contributed by atoms with Gasteiger partial charge in [0.1, 0.15) is 0 Å². The lowest BCUT2D eigenvalue weighted by atomic mass is 10.0. The van der Waals surface area contributed by atoms with Gasteiger partial charge in [-0.05, 0) is 24.6 Å². The molecule has 1 unspecified atom stereocenters. The predicted molar refractivity (Wildman–Crippen MR) is 70.9 cm³/mol. The van der Waals surface area contributed by atoms with Gasteiger partial charge in [-0.3, -0.25) is 9.97 Å². The van der Waals surface area contributed by atoms with E-state index >= 15 is 0 Å². The Morgan fingerprint density at radius 1 is 1.18 bits per heavy atom. The van der Waals surface area contributed by atoms with Crippen LogP contribution in [0.15, 0.2) is 30.6 Å². The van der Waals surface area contributed by atoms with Crippen molar-refractivity contribution in [1.29, 1.82) is 0 Å². The number of hydrogen-bond acceptors (Lipinski definition) is 3. The standard InChI is InChI=1S/C14H19N3/c1-3-6-12(15-4-2)11-7-5-8-13-14(11)17-10-9-16-13/h5,7-10,12,15H,3-4,6H2,1-2H3. The Hall–Kier alpha value is -1.48. The molecule has 1 heterocycles. The topological polar surface area (TPSA) is 37.8 Å². The van der Waals surface area contributed by atoms with E-state index in [2.05, 4.69) is 41.3 Å². The normalized spacial score (nSPS) is 12.8. The second kappa shape index (κ2) is 5.73. The largest absolute Gasteiger partial charge is 0.310 e. The van der Waals surface area contributed by atoms with Crippen LogP contribution < -0.4 is 5.32 Å². The molecule has 0 radical (unpaired) electrons. The molecule has 0 spiro atoms. The first-order valence-electron chi connectivity index (χ1n) is 6.29. The van der Waals surface area contributed by atoms with Gasteiger partial charge in [0.25, 0.3) is 0 Å². The van der Waals surface area contributed by atoms with E-state index in [0.717, 1.165) is 30.4 Å². The quantitative estimate of drug-likeness (QED) is 0.856. The molecule has 2 aromatic rings. The van der Waals surface area contributed by atoms with Gasteiger partial charge < -0.3 is 5.32 Å². The number of nitrogens with zero attached hydrogens (tertiary/aromatic N) is 2. The second-order valence-electron chi connectivity index (χ2n) is 4.17. The van der Waals surface area contributed by atoms with Crippen LogP contribution in [0.2, 0.25) is 0 Å². The van der Waals surface area contributed by atoms with E-state index in [1.807, 2.05) is 6.07 Å². The molecule has 0 fully saturated rings. The van der Waals surface area contributed by atoms with E-state index in [0.29, 0.717) is 6.04 Å². The SMILES string of the molecule is CCCC(NCC)c1cccc2nccnc12. The van der Waals surface area contributed by atoms with Crippen molar-refractivity contribution in [1.82, 2.24) is 15.3 Å². The van der Waals surface area contributed by atoms with E-state index in [1.165, 1.54) is 5.56 Å². The Morgan fingerprint density at radius 2 is 2.00 bits per heavy atom. The number of hydrogen-bond donors (Lipinski definition) is 1. The molecule has 0 aliphatic heterocycles. The number of nitrogens with one attached hydrogen (secondary N) is 1. The molecule has 1 atom stereocenters. The van der Waals surface area contributed by atoms with Gasteiger partial charge in [-0.25, -0.2) is 0 Å². The van der Waals surface area contributed by atoms with Crippen LogP contribution >= 0.6 is 0 Å². The van der Waals surface area contributed by atoms with Crippen molar-refractivity contribution >= 4 is 11.0 Å². The summed E-state index contributed by atoms with van der Waals surface area (Å²) < 4.78 is 0. The first kappa shape index (κ1) is 12.0. The summed E-state index contributed by atoms with van der Waals surface area (Å²) in [7, 11) is 0. The highest BCUT2D eigenvalue weighted by molar-refractivity contribution is 5.78. The third-order valence-electron chi connectivity index (χ3n) is 2.93. The van der Waals surface area contributed by atoms with Gasteiger partial charge in [0, 0.05) is 18.4 Å². The molecule has 3 nitrogen and oxygen atoms in total. The maximum absolute atomic E-state index is 4.46. The van der Waals surface area contributed by atoms with Crippen molar-refractivity contribution in [2.75, 3.05) is 6.54 Å². The molecule has 1 aromatic heterocycles. The molecule has 17 heavy (non-hydrogen) atoms. The van der Waals surface area contributed by atoms with Crippen molar-refractivity contribution in [2.45, 2.75) is 32.7 Å². The summed E-state index contributed by atoms with van der Waals surface area (Å²) in [5.74, 6) is 0. The first-order chi connectivity index (χ1) is 8.36. The highest BCUT2D eigenvalue weighted by Crippen LogP contribution is 2.24. The van der Waals surface area contributed by atoms with E-state index in [1.54, 1.807) is 12.4 Å². The molecule has 1 N–H and O–H groups in total. The fourth-order valence-corrected chi connectivity index (χ4v) is 2.20. The highest BCUT2D eigenvalue weighted by atomic mass is 14.9. The molecule has 1 aromatic carbocycles. The van der Waals surface area contributed by atoms with Gasteiger partial charge in [-0.15, -0.1) is 0 Å². The minimum Gasteiger partial charge on any atom is -0.310 e. The van der Waals surface area contributed by atoms with E-state index in [4.69, 9.17) is 0 Å². The fourth-order valence-electron chi connectivity index (χ4n) is 2.20. The molecule has 0 bridgehead atoms. The molecule has 0 aliphatic carbocycles. The van der Waals surface area contributed by atoms with Crippen LogP contribution in [-0.4, -0.2) is 16.5 Å².